The van der Waals surface area contributed by atoms with Gasteiger partial charge in [-0.15, -0.1) is 0 Å². The number of nitrogens with one attached hydrogen (secondary N) is 1. The fourth-order valence-electron chi connectivity index (χ4n) is 2.67. The van der Waals surface area contributed by atoms with E-state index in [0.29, 0.717) is 16.9 Å². The highest BCUT2D eigenvalue weighted by molar-refractivity contribution is 6.12. The summed E-state index contributed by atoms with van der Waals surface area (Å²) >= 11 is 0. The molecule has 0 radical (unpaired) electrons. The highest BCUT2D eigenvalue weighted by Crippen LogP contribution is 2.21. The highest BCUT2D eigenvalue weighted by Gasteiger charge is 2.17. The summed E-state index contributed by atoms with van der Waals surface area (Å²) in [6, 6.07) is 12.3. The van der Waals surface area contributed by atoms with Crippen molar-refractivity contribution in [2.75, 3.05) is 37.8 Å². The number of benzene rings is 2. The van der Waals surface area contributed by atoms with Gasteiger partial charge in [0.1, 0.15) is 11.6 Å². The molecule has 1 aliphatic heterocycles. The third-order valence-corrected chi connectivity index (χ3v) is 4.12. The molecule has 2 heterocycles. The van der Waals surface area contributed by atoms with E-state index in [1.807, 2.05) is 0 Å². The second kappa shape index (κ2) is 9.12. The summed E-state index contributed by atoms with van der Waals surface area (Å²) in [5.41, 5.74) is 13.5. The Balaban J connectivity index is 0.000000320. The molecule has 0 unspecified atom stereocenters. The molecular formula is C20H22FN5O2. The van der Waals surface area contributed by atoms with Crippen molar-refractivity contribution in [3.63, 3.8) is 0 Å². The first-order valence-corrected chi connectivity index (χ1v) is 8.84. The van der Waals surface area contributed by atoms with Crippen LogP contribution in [0.5, 0.6) is 0 Å². The number of aromatic nitrogens is 2. The fraction of sp³-hybridized carbons (Fsp3) is 0.200. The van der Waals surface area contributed by atoms with Gasteiger partial charge in [-0.25, -0.2) is 9.07 Å². The van der Waals surface area contributed by atoms with Crippen LogP contribution in [0.25, 0.3) is 5.69 Å². The van der Waals surface area contributed by atoms with E-state index in [-0.39, 0.29) is 23.0 Å². The lowest BCUT2D eigenvalue weighted by Gasteiger charge is -2.10. The van der Waals surface area contributed by atoms with Crippen molar-refractivity contribution in [1.29, 1.82) is 0 Å². The molecule has 3 aromatic rings. The molecule has 8 heteroatoms. The fourth-order valence-corrected chi connectivity index (χ4v) is 2.67. The highest BCUT2D eigenvalue weighted by atomic mass is 19.1. The number of nitrogens with zero attached hydrogens (tertiary/aromatic N) is 2. The van der Waals surface area contributed by atoms with E-state index >= 15 is 0 Å². The number of ether oxygens (including phenoxy) is 1. The Morgan fingerprint density at radius 1 is 1.11 bits per heavy atom. The molecule has 1 aromatic heterocycles. The van der Waals surface area contributed by atoms with E-state index in [2.05, 4.69) is 10.4 Å². The van der Waals surface area contributed by atoms with Crippen molar-refractivity contribution in [2.24, 2.45) is 0 Å². The van der Waals surface area contributed by atoms with Crippen molar-refractivity contribution < 1.29 is 13.9 Å². The quantitative estimate of drug-likeness (QED) is 0.472. The molecule has 0 bridgehead atoms. The van der Waals surface area contributed by atoms with Crippen molar-refractivity contribution >= 4 is 17.3 Å². The van der Waals surface area contributed by atoms with E-state index in [1.54, 1.807) is 24.3 Å². The Morgan fingerprint density at radius 3 is 2.39 bits per heavy atom. The Kier molecular flexibility index (Phi) is 6.36. The lowest BCUT2D eigenvalue weighted by Crippen LogP contribution is -2.30. The molecule has 146 valence electrons. The van der Waals surface area contributed by atoms with Crippen LogP contribution in [0.1, 0.15) is 15.9 Å². The topological polar surface area (TPSA) is 108 Å². The number of nitrogen functional groups attached to an aromatic ring is 2. The molecule has 1 saturated heterocycles. The van der Waals surface area contributed by atoms with Gasteiger partial charge < -0.3 is 21.5 Å². The van der Waals surface area contributed by atoms with E-state index in [9.17, 15) is 9.18 Å². The first kappa shape index (κ1) is 19.5. The van der Waals surface area contributed by atoms with Crippen LogP contribution in [0.2, 0.25) is 0 Å². The third kappa shape index (κ3) is 4.73. The molecule has 0 saturated carbocycles. The molecule has 28 heavy (non-hydrogen) atoms. The van der Waals surface area contributed by atoms with E-state index in [4.69, 9.17) is 16.2 Å². The second-order valence-corrected chi connectivity index (χ2v) is 6.15. The van der Waals surface area contributed by atoms with Crippen LogP contribution in [-0.4, -0.2) is 41.9 Å². The molecule has 5 N–H and O–H groups in total. The molecule has 0 amide bonds. The van der Waals surface area contributed by atoms with Gasteiger partial charge in [0.15, 0.2) is 5.78 Å². The molecule has 1 fully saturated rings. The SMILES string of the molecule is C1COCCN1.Nc1cccc(C(=O)c2cnn(-c3ccc(F)cc3)c2N)c1. The van der Waals surface area contributed by atoms with Gasteiger partial charge in [0, 0.05) is 24.3 Å². The normalized spacial score (nSPS) is 13.5. The maximum Gasteiger partial charge on any atom is 0.198 e. The first-order chi connectivity index (χ1) is 13.6. The van der Waals surface area contributed by atoms with Crippen molar-refractivity contribution in [3.05, 3.63) is 71.7 Å². The van der Waals surface area contributed by atoms with Gasteiger partial charge in [-0.1, -0.05) is 12.1 Å². The van der Waals surface area contributed by atoms with E-state index in [1.165, 1.54) is 35.1 Å². The first-order valence-electron chi connectivity index (χ1n) is 8.84. The second-order valence-electron chi connectivity index (χ2n) is 6.15. The van der Waals surface area contributed by atoms with Crippen molar-refractivity contribution in [3.8, 4) is 5.69 Å². The van der Waals surface area contributed by atoms with Crippen LogP contribution in [0.4, 0.5) is 15.9 Å². The Hall–Kier alpha value is -3.23. The van der Waals surface area contributed by atoms with Gasteiger partial charge in [-0.2, -0.15) is 5.10 Å². The van der Waals surface area contributed by atoms with Crippen molar-refractivity contribution in [2.45, 2.75) is 0 Å². The largest absolute Gasteiger partial charge is 0.399 e. The maximum absolute atomic E-state index is 13.0. The summed E-state index contributed by atoms with van der Waals surface area (Å²) in [7, 11) is 0. The van der Waals surface area contributed by atoms with Crippen LogP contribution in [0.3, 0.4) is 0 Å². The van der Waals surface area contributed by atoms with Gasteiger partial charge in [0.05, 0.1) is 30.7 Å². The van der Waals surface area contributed by atoms with Gasteiger partial charge in [-0.3, -0.25) is 4.79 Å². The zero-order valence-electron chi connectivity index (χ0n) is 15.3. The van der Waals surface area contributed by atoms with Gasteiger partial charge >= 0.3 is 0 Å². The molecule has 4 rings (SSSR count). The number of carbonyl (C=O) groups is 1. The molecule has 7 nitrogen and oxygen atoms in total. The number of ketones is 1. The predicted molar refractivity (Wildman–Crippen MR) is 106 cm³/mol. The Morgan fingerprint density at radius 2 is 1.82 bits per heavy atom. The average molecular weight is 383 g/mol. The van der Waals surface area contributed by atoms with Crippen LogP contribution in [-0.2, 0) is 4.74 Å². The summed E-state index contributed by atoms with van der Waals surface area (Å²) in [5, 5.41) is 7.26. The number of rotatable bonds is 3. The Bertz CT molecular complexity index is 925. The minimum Gasteiger partial charge on any atom is -0.399 e. The number of carbonyl (C=O) groups excluding carboxylic acids is 1. The maximum atomic E-state index is 13.0. The summed E-state index contributed by atoms with van der Waals surface area (Å²) in [6.07, 6.45) is 1.39. The summed E-state index contributed by atoms with van der Waals surface area (Å²) in [6.45, 7) is 3.83. The molecule has 0 atom stereocenters. The van der Waals surface area contributed by atoms with Crippen molar-refractivity contribution in [1.82, 2.24) is 15.1 Å². The molecule has 0 aliphatic carbocycles. The third-order valence-electron chi connectivity index (χ3n) is 4.12. The van der Waals surface area contributed by atoms with Gasteiger partial charge in [0.2, 0.25) is 0 Å². The number of hydrogen-bond donors (Lipinski definition) is 3. The minimum atomic E-state index is -0.356. The van der Waals surface area contributed by atoms with Crippen LogP contribution >= 0.6 is 0 Å². The summed E-state index contributed by atoms with van der Waals surface area (Å²) in [5.74, 6) is -0.428. The molecule has 1 aliphatic rings. The summed E-state index contributed by atoms with van der Waals surface area (Å²) in [4.78, 5) is 12.5. The number of morpholine rings is 1. The number of halogens is 1. The monoisotopic (exact) mass is 383 g/mol. The molecule has 2 aromatic carbocycles. The lowest BCUT2D eigenvalue weighted by molar-refractivity contribution is 0.103. The minimum absolute atomic E-state index is 0.194. The number of nitrogens with two attached hydrogens (primary N) is 2. The smallest absolute Gasteiger partial charge is 0.198 e. The lowest BCUT2D eigenvalue weighted by atomic mass is 10.1. The zero-order valence-corrected chi connectivity index (χ0v) is 15.3. The Labute approximate surface area is 162 Å². The van der Waals surface area contributed by atoms with Gasteiger partial charge in [0.25, 0.3) is 0 Å². The zero-order chi connectivity index (χ0) is 19.9. The van der Waals surface area contributed by atoms with Crippen LogP contribution in [0, 0.1) is 5.82 Å². The molecular weight excluding hydrogens is 361 g/mol. The average Bonchev–Trinajstić information content (AvgIpc) is 3.11. The van der Waals surface area contributed by atoms with Crippen LogP contribution < -0.4 is 16.8 Å². The molecule has 0 spiro atoms. The van der Waals surface area contributed by atoms with Crippen LogP contribution in [0.15, 0.2) is 54.7 Å². The van der Waals surface area contributed by atoms with E-state index in [0.717, 1.165) is 26.3 Å². The van der Waals surface area contributed by atoms with Gasteiger partial charge in [-0.05, 0) is 36.4 Å². The predicted octanol–water partition coefficient (Wildman–Crippen LogP) is 2.01. The number of anilines is 2. The number of hydrogen-bond acceptors (Lipinski definition) is 6. The summed E-state index contributed by atoms with van der Waals surface area (Å²) < 4.78 is 19.4. The van der Waals surface area contributed by atoms with E-state index < -0.39 is 0 Å². The standard InChI is InChI=1S/C16H13FN4O.C4H9NO/c17-11-4-6-13(7-5-11)21-16(19)14(9-20-21)15(22)10-2-1-3-12(18)8-10;1-3-6-4-2-5-1/h1-9H,18-19H2;5H,1-4H2.